The van der Waals surface area contributed by atoms with Crippen molar-refractivity contribution in [2.24, 2.45) is 11.8 Å². The molecule has 1 aliphatic heterocycles. The summed E-state index contributed by atoms with van der Waals surface area (Å²) in [4.78, 5) is 21.2. The van der Waals surface area contributed by atoms with E-state index in [2.05, 4.69) is 20.2 Å². The maximum absolute atomic E-state index is 13.3. The van der Waals surface area contributed by atoms with Crippen molar-refractivity contribution in [2.45, 2.75) is 84.0 Å². The Morgan fingerprint density at radius 2 is 1.44 bits per heavy atom. The zero-order valence-electron chi connectivity index (χ0n) is 30.9. The van der Waals surface area contributed by atoms with Crippen LogP contribution in [0.15, 0.2) is 97.6 Å². The van der Waals surface area contributed by atoms with Crippen LogP contribution in [-0.2, 0) is 33.2 Å². The number of hydrogen-bond donors (Lipinski definition) is 4. The minimum absolute atomic E-state index is 0.00782. The predicted octanol–water partition coefficient (Wildman–Crippen LogP) is 4.97. The maximum Gasteiger partial charge on any atom is 0.237 e. The summed E-state index contributed by atoms with van der Waals surface area (Å²) in [5.41, 5.74) is 15.8. The van der Waals surface area contributed by atoms with Gasteiger partial charge in [0, 0.05) is 11.8 Å². The quantitative estimate of drug-likeness (QED) is 0.116. The van der Waals surface area contributed by atoms with Crippen LogP contribution in [-0.4, -0.2) is 69.6 Å². The first-order valence-electron chi connectivity index (χ1n) is 18.2. The van der Waals surface area contributed by atoms with E-state index in [-0.39, 0.29) is 30.3 Å². The fraction of sp³-hybridized carbons (Fsp3) is 0.375. The first-order chi connectivity index (χ1) is 26.1. The van der Waals surface area contributed by atoms with Gasteiger partial charge in [-0.05, 0) is 48.2 Å². The Kier molecular flexibility index (Phi) is 12.0. The standard InChI is InChI=1S/2C20H24N4O3/c1-3-16-13(2)18(26-11-14-7-5-4-6-8-14)20(25,27-16)17-10-9-15-19(21)22-12-23-24(15)17;1-3-17(25)13(2)19(27-11-14-7-5-4-6-8-14)18(26)15-9-10-16-20(21)22-12-23-24(15)16/h4-10,12-13,16,18,25H,3,11H2,1-2H3,(H2,21,22,23);4-10,12-13,17,19,25H,3,11H2,1-2H3,(H2,21,22,23)/t13-,16-,18?,20?;13-,17-,19?/m11/s1. The molecule has 7 atom stereocenters. The smallest absolute Gasteiger partial charge is 0.237 e. The summed E-state index contributed by atoms with van der Waals surface area (Å²) < 4.78 is 21.3. The van der Waals surface area contributed by atoms with Crippen molar-refractivity contribution in [3.8, 4) is 0 Å². The highest BCUT2D eigenvalue weighted by atomic mass is 16.7. The Labute approximate surface area is 313 Å². The molecule has 14 heteroatoms. The molecule has 6 N–H and O–H groups in total. The zero-order chi connectivity index (χ0) is 38.4. The molecule has 0 saturated carbocycles. The van der Waals surface area contributed by atoms with E-state index in [0.717, 1.165) is 17.5 Å². The highest BCUT2D eigenvalue weighted by Crippen LogP contribution is 2.44. The molecule has 1 aliphatic rings. The van der Waals surface area contributed by atoms with Gasteiger partial charge in [0.2, 0.25) is 11.6 Å². The zero-order valence-corrected chi connectivity index (χ0v) is 30.9. The molecule has 5 heterocycles. The molecule has 4 aromatic heterocycles. The molecule has 3 unspecified atom stereocenters. The molecule has 0 aliphatic carbocycles. The van der Waals surface area contributed by atoms with E-state index < -0.39 is 24.1 Å². The number of nitrogens with zero attached hydrogens (tertiary/aromatic N) is 6. The Balaban J connectivity index is 0.000000184. The van der Waals surface area contributed by atoms with E-state index in [9.17, 15) is 15.0 Å². The number of carbonyl (C=O) groups is 1. The largest absolute Gasteiger partial charge is 0.393 e. The van der Waals surface area contributed by atoms with Crippen molar-refractivity contribution in [2.75, 3.05) is 11.5 Å². The summed E-state index contributed by atoms with van der Waals surface area (Å²) in [7, 11) is 0. The highest BCUT2D eigenvalue weighted by molar-refractivity contribution is 5.99. The number of aromatic nitrogens is 6. The number of nitrogen functional groups attached to an aromatic ring is 2. The molecule has 284 valence electrons. The summed E-state index contributed by atoms with van der Waals surface area (Å²) in [6.07, 6.45) is 1.85. The van der Waals surface area contributed by atoms with Gasteiger partial charge in [-0.25, -0.2) is 19.0 Å². The molecule has 7 rings (SSSR count). The van der Waals surface area contributed by atoms with Crippen LogP contribution >= 0.6 is 0 Å². The van der Waals surface area contributed by atoms with E-state index in [0.29, 0.717) is 47.1 Å². The first-order valence-corrected chi connectivity index (χ1v) is 18.2. The topological polar surface area (TPSA) is 198 Å². The van der Waals surface area contributed by atoms with Gasteiger partial charge in [0.25, 0.3) is 0 Å². The molecular formula is C40H48N8O6. The number of fused-ring (bicyclic) bond motifs is 2. The minimum atomic E-state index is -1.62. The lowest BCUT2D eigenvalue weighted by atomic mass is 9.92. The fourth-order valence-corrected chi connectivity index (χ4v) is 6.95. The molecule has 14 nitrogen and oxygen atoms in total. The minimum Gasteiger partial charge on any atom is -0.393 e. The Morgan fingerprint density at radius 3 is 2.06 bits per heavy atom. The van der Waals surface area contributed by atoms with E-state index in [4.69, 9.17) is 25.7 Å². The normalized spacial score (nSPS) is 21.4. The van der Waals surface area contributed by atoms with E-state index in [1.165, 1.54) is 17.2 Å². The first kappa shape index (κ1) is 38.5. The third-order valence-corrected chi connectivity index (χ3v) is 10.1. The van der Waals surface area contributed by atoms with Crippen molar-refractivity contribution in [1.82, 2.24) is 29.2 Å². The summed E-state index contributed by atoms with van der Waals surface area (Å²) >= 11 is 0. The number of ketones is 1. The molecule has 54 heavy (non-hydrogen) atoms. The molecule has 2 aromatic carbocycles. The van der Waals surface area contributed by atoms with Gasteiger partial charge < -0.3 is 35.9 Å². The van der Waals surface area contributed by atoms with Crippen molar-refractivity contribution in [1.29, 1.82) is 0 Å². The third-order valence-electron chi connectivity index (χ3n) is 10.1. The van der Waals surface area contributed by atoms with Gasteiger partial charge in [-0.15, -0.1) is 0 Å². The fourth-order valence-electron chi connectivity index (χ4n) is 6.95. The van der Waals surface area contributed by atoms with Gasteiger partial charge in [0.1, 0.15) is 47.3 Å². The number of carbonyl (C=O) groups excluding carboxylic acids is 1. The van der Waals surface area contributed by atoms with Crippen LogP contribution in [0.1, 0.15) is 67.8 Å². The van der Waals surface area contributed by atoms with Crippen LogP contribution in [0.25, 0.3) is 11.0 Å². The Hall–Kier alpha value is -5.25. The van der Waals surface area contributed by atoms with Crippen LogP contribution in [0, 0.1) is 11.8 Å². The summed E-state index contributed by atoms with van der Waals surface area (Å²) in [6.45, 7) is 8.44. The van der Waals surface area contributed by atoms with Crippen LogP contribution in [0.2, 0.25) is 0 Å². The number of nitrogens with two attached hydrogens (primary N) is 2. The van der Waals surface area contributed by atoms with Gasteiger partial charge in [0.05, 0.1) is 25.4 Å². The van der Waals surface area contributed by atoms with Crippen LogP contribution in [0.5, 0.6) is 0 Å². The van der Waals surface area contributed by atoms with E-state index >= 15 is 0 Å². The number of rotatable bonds is 13. The SMILES string of the molecule is CC[C@@H](O)[C@@H](C)C(OCc1ccccc1)C(=O)c1ccc2c(N)ncnn12.CC[C@H]1OC(O)(c2ccc3c(N)ncnn23)C(OCc2ccccc2)[C@@H]1C. The molecule has 0 amide bonds. The second-order valence-corrected chi connectivity index (χ2v) is 13.6. The molecule has 0 radical (unpaired) electrons. The van der Waals surface area contributed by atoms with Gasteiger partial charge in [-0.3, -0.25) is 4.79 Å². The lowest BCUT2D eigenvalue weighted by molar-refractivity contribution is -0.251. The van der Waals surface area contributed by atoms with Crippen molar-refractivity contribution in [3.05, 3.63) is 120 Å². The molecular weight excluding hydrogens is 688 g/mol. The average Bonchev–Trinajstić information content (AvgIpc) is 3.90. The second-order valence-electron chi connectivity index (χ2n) is 13.6. The highest BCUT2D eigenvalue weighted by Gasteiger charge is 2.55. The number of Topliss-reactive ketones (excluding diaryl/α,β-unsaturated/α-hetero) is 1. The molecule has 1 fully saturated rings. The number of benzene rings is 2. The van der Waals surface area contributed by atoms with E-state index in [1.54, 1.807) is 28.8 Å². The molecule has 0 bridgehead atoms. The lowest BCUT2D eigenvalue weighted by Gasteiger charge is -2.29. The number of aliphatic hydroxyl groups excluding tert-OH is 1. The molecule has 6 aromatic rings. The summed E-state index contributed by atoms with van der Waals surface area (Å²) in [5.74, 6) is -1.59. The molecule has 1 saturated heterocycles. The third kappa shape index (κ3) is 7.84. The van der Waals surface area contributed by atoms with Crippen molar-refractivity contribution >= 4 is 28.5 Å². The van der Waals surface area contributed by atoms with Crippen LogP contribution in [0.3, 0.4) is 0 Å². The second kappa shape index (κ2) is 16.8. The van der Waals surface area contributed by atoms with Gasteiger partial charge in [0.15, 0.2) is 11.6 Å². The van der Waals surface area contributed by atoms with Crippen LogP contribution < -0.4 is 11.5 Å². The Morgan fingerprint density at radius 1 is 0.870 bits per heavy atom. The van der Waals surface area contributed by atoms with Crippen LogP contribution in [0.4, 0.5) is 11.6 Å². The number of hydrogen-bond acceptors (Lipinski definition) is 12. The predicted molar refractivity (Wildman–Crippen MR) is 203 cm³/mol. The number of aliphatic hydroxyl groups is 2. The summed E-state index contributed by atoms with van der Waals surface area (Å²) in [6, 6.07) is 26.4. The Bertz CT molecular complexity index is 2140. The van der Waals surface area contributed by atoms with Crippen molar-refractivity contribution in [3.63, 3.8) is 0 Å². The monoisotopic (exact) mass is 736 g/mol. The van der Waals surface area contributed by atoms with Gasteiger partial charge >= 0.3 is 0 Å². The van der Waals surface area contributed by atoms with Gasteiger partial charge in [-0.1, -0.05) is 88.4 Å². The number of ether oxygens (including phenoxy) is 3. The lowest BCUT2D eigenvalue weighted by Crippen LogP contribution is -2.41. The maximum atomic E-state index is 13.3. The number of anilines is 2. The van der Waals surface area contributed by atoms with E-state index in [1.807, 2.05) is 88.4 Å². The average molecular weight is 737 g/mol. The van der Waals surface area contributed by atoms with Gasteiger partial charge in [-0.2, -0.15) is 10.2 Å². The molecule has 0 spiro atoms. The summed E-state index contributed by atoms with van der Waals surface area (Å²) in [5, 5.41) is 30.3. The van der Waals surface area contributed by atoms with Crippen molar-refractivity contribution < 1.29 is 29.2 Å².